The van der Waals surface area contributed by atoms with E-state index in [1.54, 1.807) is 24.3 Å². The number of fused-ring (bicyclic) bond motifs is 1. The summed E-state index contributed by atoms with van der Waals surface area (Å²) >= 11 is 5.91. The number of nitrogens with two attached hydrogens (primary N) is 1. The molecule has 3 rings (SSSR count). The zero-order valence-electron chi connectivity index (χ0n) is 12.0. The van der Waals surface area contributed by atoms with Crippen LogP contribution in [0.25, 0.3) is 0 Å². The molecule has 0 saturated heterocycles. The summed E-state index contributed by atoms with van der Waals surface area (Å²) in [7, 11) is 2.76. The molecule has 1 fully saturated rings. The smallest absolute Gasteiger partial charge is 0.292 e. The Bertz CT molecular complexity index is 744. The largest absolute Gasteiger partial charge is 0.386 e. The summed E-state index contributed by atoms with van der Waals surface area (Å²) in [5.74, 6) is -2.03. The Morgan fingerprint density at radius 1 is 1.18 bits per heavy atom. The first-order chi connectivity index (χ1) is 10.5. The van der Waals surface area contributed by atoms with Gasteiger partial charge < -0.3 is 15.2 Å². The quantitative estimate of drug-likeness (QED) is 0.856. The van der Waals surface area contributed by atoms with Crippen LogP contribution in [0.1, 0.15) is 11.5 Å². The van der Waals surface area contributed by atoms with Gasteiger partial charge in [0, 0.05) is 25.2 Å². The highest BCUT2D eigenvalue weighted by atomic mass is 35.5. The number of benzene rings is 1. The third kappa shape index (κ3) is 1.29. The van der Waals surface area contributed by atoms with Gasteiger partial charge in [0.15, 0.2) is 5.41 Å². The van der Waals surface area contributed by atoms with Crippen molar-refractivity contribution in [3.63, 3.8) is 0 Å². The van der Waals surface area contributed by atoms with Crippen LogP contribution in [0.5, 0.6) is 0 Å². The number of hydrogen-bond acceptors (Lipinski definition) is 6. The van der Waals surface area contributed by atoms with E-state index < -0.39 is 22.7 Å². The maximum Gasteiger partial charge on any atom is 0.292 e. The molecule has 0 aromatic heterocycles. The van der Waals surface area contributed by atoms with Crippen molar-refractivity contribution in [2.45, 2.75) is 11.8 Å². The molecule has 0 radical (unpaired) electrons. The summed E-state index contributed by atoms with van der Waals surface area (Å²) < 4.78 is 10.8. The monoisotopic (exact) mass is 316 g/mol. The first-order valence-corrected chi connectivity index (χ1v) is 6.91. The van der Waals surface area contributed by atoms with E-state index in [2.05, 4.69) is 17.1 Å². The number of rotatable bonds is 3. The zero-order chi connectivity index (χ0) is 16.2. The molecule has 7 heteroatoms. The predicted octanol–water partition coefficient (Wildman–Crippen LogP) is 1.77. The van der Waals surface area contributed by atoms with E-state index in [1.807, 2.05) is 0 Å². The molecule has 0 amide bonds. The van der Waals surface area contributed by atoms with E-state index in [0.29, 0.717) is 5.02 Å². The second kappa shape index (κ2) is 4.44. The Balaban J connectivity index is 2.23. The molecule has 0 bridgehead atoms. The van der Waals surface area contributed by atoms with Gasteiger partial charge in [-0.05, 0) is 17.7 Å². The molecule has 0 spiro atoms. The van der Waals surface area contributed by atoms with E-state index in [4.69, 9.17) is 26.8 Å². The van der Waals surface area contributed by atoms with Crippen LogP contribution in [-0.4, -0.2) is 26.0 Å². The molecule has 0 unspecified atom stereocenters. The lowest BCUT2D eigenvalue weighted by atomic mass is 9.93. The standard InChI is InChI=1S/C15H13ClN4O2/c1-21-15(22-2)14(8-18)11(9-3-5-10(16)6-4-9)13(14,7-17)12(19)20-15/h3-6,11H,1-2H3,(H2,19,20)/t11-,13+,14-/m0/s1. The molecule has 1 aromatic rings. The predicted molar refractivity (Wildman–Crippen MR) is 78.7 cm³/mol. The van der Waals surface area contributed by atoms with Crippen molar-refractivity contribution in [1.82, 2.24) is 0 Å². The fraction of sp³-hybridized carbons (Fsp3) is 0.400. The summed E-state index contributed by atoms with van der Waals surface area (Å²) in [4.78, 5) is 4.15. The van der Waals surface area contributed by atoms with Gasteiger partial charge in [0.05, 0.1) is 12.1 Å². The highest BCUT2D eigenvalue weighted by Crippen LogP contribution is 2.81. The fourth-order valence-corrected chi connectivity index (χ4v) is 3.80. The summed E-state index contributed by atoms with van der Waals surface area (Å²) in [5.41, 5.74) is 4.18. The number of hydrogen-bond donors (Lipinski definition) is 1. The second-order valence-corrected chi connectivity index (χ2v) is 5.75. The molecule has 112 valence electrons. The van der Waals surface area contributed by atoms with Crippen molar-refractivity contribution < 1.29 is 9.47 Å². The van der Waals surface area contributed by atoms with Gasteiger partial charge in [0.2, 0.25) is 0 Å². The van der Waals surface area contributed by atoms with E-state index in [-0.39, 0.29) is 5.84 Å². The molecule has 1 aliphatic heterocycles. The van der Waals surface area contributed by atoms with E-state index >= 15 is 0 Å². The maximum atomic E-state index is 9.85. The van der Waals surface area contributed by atoms with Crippen LogP contribution in [0, 0.1) is 33.5 Å². The number of ether oxygens (including phenoxy) is 2. The van der Waals surface area contributed by atoms with Crippen LogP contribution < -0.4 is 5.73 Å². The molecule has 1 saturated carbocycles. The Labute approximate surface area is 132 Å². The normalized spacial score (nSPS) is 34.2. The van der Waals surface area contributed by atoms with Crippen molar-refractivity contribution in [3.05, 3.63) is 34.9 Å². The average Bonchev–Trinajstić information content (AvgIpc) is 3.11. The topological polar surface area (TPSA) is 104 Å². The number of nitrogens with zero attached hydrogens (tertiary/aromatic N) is 3. The van der Waals surface area contributed by atoms with Gasteiger partial charge in [-0.3, -0.25) is 0 Å². The first kappa shape index (κ1) is 14.8. The van der Waals surface area contributed by atoms with Crippen LogP contribution in [0.2, 0.25) is 5.02 Å². The molecule has 1 aliphatic carbocycles. The van der Waals surface area contributed by atoms with Gasteiger partial charge in [0.1, 0.15) is 11.3 Å². The van der Waals surface area contributed by atoms with Crippen LogP contribution in [-0.2, 0) is 9.47 Å². The first-order valence-electron chi connectivity index (χ1n) is 6.53. The summed E-state index contributed by atoms with van der Waals surface area (Å²) in [6.45, 7) is 0. The molecule has 6 nitrogen and oxygen atoms in total. The van der Waals surface area contributed by atoms with E-state index in [1.165, 1.54) is 14.2 Å². The van der Waals surface area contributed by atoms with E-state index in [9.17, 15) is 10.5 Å². The molecule has 3 atom stereocenters. The fourth-order valence-electron chi connectivity index (χ4n) is 3.68. The lowest BCUT2D eigenvalue weighted by molar-refractivity contribution is -0.230. The molecule has 1 aromatic carbocycles. The minimum atomic E-state index is -1.59. The van der Waals surface area contributed by atoms with Crippen molar-refractivity contribution in [2.75, 3.05) is 14.2 Å². The van der Waals surface area contributed by atoms with Crippen LogP contribution in [0.3, 0.4) is 0 Å². The van der Waals surface area contributed by atoms with Gasteiger partial charge in [-0.15, -0.1) is 0 Å². The molecular weight excluding hydrogens is 304 g/mol. The van der Waals surface area contributed by atoms with Crippen LogP contribution in [0.4, 0.5) is 0 Å². The number of methoxy groups -OCH3 is 2. The van der Waals surface area contributed by atoms with Gasteiger partial charge in [0.25, 0.3) is 5.91 Å². The summed E-state index contributed by atoms with van der Waals surface area (Å²) in [6.07, 6.45) is 0. The number of aliphatic imine (C=N–C) groups is 1. The van der Waals surface area contributed by atoms with Gasteiger partial charge in [-0.1, -0.05) is 23.7 Å². The Hall–Kier alpha value is -2.12. The lowest BCUT2D eigenvalue weighted by Gasteiger charge is -2.29. The second-order valence-electron chi connectivity index (χ2n) is 5.31. The molecule has 2 N–H and O–H groups in total. The van der Waals surface area contributed by atoms with E-state index in [0.717, 1.165) is 5.56 Å². The van der Waals surface area contributed by atoms with Crippen molar-refractivity contribution in [2.24, 2.45) is 21.6 Å². The van der Waals surface area contributed by atoms with Gasteiger partial charge in [-0.25, -0.2) is 4.99 Å². The summed E-state index contributed by atoms with van der Waals surface area (Å²) in [5, 5.41) is 20.2. The number of amidine groups is 1. The Kier molecular flexibility index (Phi) is 2.99. The number of halogens is 1. The van der Waals surface area contributed by atoms with Crippen molar-refractivity contribution in [3.8, 4) is 12.1 Å². The van der Waals surface area contributed by atoms with Gasteiger partial charge >= 0.3 is 0 Å². The van der Waals surface area contributed by atoms with Crippen LogP contribution in [0.15, 0.2) is 29.3 Å². The molecule has 2 aliphatic rings. The van der Waals surface area contributed by atoms with Crippen LogP contribution >= 0.6 is 11.6 Å². The highest BCUT2D eigenvalue weighted by Gasteiger charge is 2.93. The minimum absolute atomic E-state index is 0.0557. The highest BCUT2D eigenvalue weighted by molar-refractivity contribution is 6.30. The number of nitriles is 2. The Morgan fingerprint density at radius 3 is 2.23 bits per heavy atom. The average molecular weight is 317 g/mol. The van der Waals surface area contributed by atoms with Crippen molar-refractivity contribution >= 4 is 17.4 Å². The lowest BCUT2D eigenvalue weighted by Crippen LogP contribution is -2.41. The third-order valence-corrected chi connectivity index (χ3v) is 4.94. The van der Waals surface area contributed by atoms with Gasteiger partial charge in [-0.2, -0.15) is 10.5 Å². The molecule has 22 heavy (non-hydrogen) atoms. The minimum Gasteiger partial charge on any atom is -0.386 e. The summed E-state index contributed by atoms with van der Waals surface area (Å²) in [6, 6.07) is 11.3. The molecule has 1 heterocycles. The maximum absolute atomic E-state index is 9.85. The SMILES string of the molecule is COC1(OC)N=C(N)[C@@]2(C#N)[C@H](c3ccc(Cl)cc3)[C@]12C#N. The Morgan fingerprint density at radius 2 is 1.77 bits per heavy atom. The van der Waals surface area contributed by atoms with Crippen molar-refractivity contribution in [1.29, 1.82) is 10.5 Å². The molecular formula is C15H13ClN4O2. The zero-order valence-corrected chi connectivity index (χ0v) is 12.8. The third-order valence-electron chi connectivity index (χ3n) is 4.68.